The number of benzene rings is 1. The smallest absolute Gasteiger partial charge is 0.320 e. The molecular formula is C29H44N4O3. The molecule has 3 heterocycles. The van der Waals surface area contributed by atoms with E-state index >= 15 is 0 Å². The number of urea groups is 1. The minimum absolute atomic E-state index is 0.0145. The average molecular weight is 497 g/mol. The summed E-state index contributed by atoms with van der Waals surface area (Å²) in [5.74, 6) is 0.573. The number of likely N-dealkylation sites (tertiary alicyclic amines) is 1. The van der Waals surface area contributed by atoms with E-state index in [0.29, 0.717) is 12.0 Å². The van der Waals surface area contributed by atoms with E-state index in [1.165, 1.54) is 0 Å². The maximum Gasteiger partial charge on any atom is 0.320 e. The highest BCUT2D eigenvalue weighted by molar-refractivity contribution is 5.79. The van der Waals surface area contributed by atoms with Crippen LogP contribution < -0.4 is 5.32 Å². The molecule has 5 rings (SSSR count). The van der Waals surface area contributed by atoms with Crippen LogP contribution in [0.5, 0.6) is 0 Å². The second-order valence-corrected chi connectivity index (χ2v) is 11.9. The van der Waals surface area contributed by atoms with Crippen molar-refractivity contribution in [3.8, 4) is 0 Å². The summed E-state index contributed by atoms with van der Waals surface area (Å²) in [7, 11) is 0. The lowest BCUT2D eigenvalue weighted by Gasteiger charge is -2.40. The molecule has 3 amide bonds. The van der Waals surface area contributed by atoms with Crippen molar-refractivity contribution < 1.29 is 14.3 Å². The van der Waals surface area contributed by atoms with Gasteiger partial charge < -0.3 is 19.9 Å². The fourth-order valence-electron chi connectivity index (χ4n) is 7.80. The third-order valence-electron chi connectivity index (χ3n) is 9.37. The van der Waals surface area contributed by atoms with Crippen molar-refractivity contribution in [1.29, 1.82) is 0 Å². The molecule has 1 saturated carbocycles. The van der Waals surface area contributed by atoms with E-state index in [1.54, 1.807) is 6.92 Å². The summed E-state index contributed by atoms with van der Waals surface area (Å²) < 4.78 is 5.55. The first-order chi connectivity index (χ1) is 17.3. The molecule has 1 N–H and O–H groups in total. The van der Waals surface area contributed by atoms with Crippen LogP contribution in [0.25, 0.3) is 0 Å². The molecule has 198 valence electrons. The molecule has 0 aromatic heterocycles. The average Bonchev–Trinajstić information content (AvgIpc) is 3.14. The Labute approximate surface area is 216 Å². The molecule has 1 spiro atoms. The number of piperidine rings is 1. The lowest BCUT2D eigenvalue weighted by Crippen LogP contribution is -2.52. The summed E-state index contributed by atoms with van der Waals surface area (Å²) in [6.45, 7) is 12.6. The number of hydrogen-bond acceptors (Lipinski definition) is 4. The van der Waals surface area contributed by atoms with Crippen molar-refractivity contribution in [1.82, 2.24) is 20.0 Å². The van der Waals surface area contributed by atoms with Crippen molar-refractivity contribution in [2.75, 3.05) is 32.8 Å². The van der Waals surface area contributed by atoms with Crippen LogP contribution >= 0.6 is 0 Å². The third-order valence-corrected chi connectivity index (χ3v) is 9.37. The van der Waals surface area contributed by atoms with E-state index in [1.807, 2.05) is 18.2 Å². The van der Waals surface area contributed by atoms with Gasteiger partial charge >= 0.3 is 6.03 Å². The van der Waals surface area contributed by atoms with Gasteiger partial charge in [-0.15, -0.1) is 0 Å². The summed E-state index contributed by atoms with van der Waals surface area (Å²) in [4.78, 5) is 32.6. The Morgan fingerprint density at radius 2 is 1.92 bits per heavy atom. The Hall–Kier alpha value is -2.12. The standard InChI is InChI=1S/C29H44N4O3/c1-5-29-19-28(20-31(27(35)33(28)21(2)3)18-23-12-15-36-16-13-23)17-26(29)32(29)14-11-25(30-22(4)34)24-9-7-6-8-10-24/h6-10,21,23,25-26H,5,11-20H2,1-4H3,(H,30,34)/t25-,26?,28?,29?,32?/m0/s1. The molecule has 7 nitrogen and oxygen atoms in total. The molecule has 1 aliphatic carbocycles. The first kappa shape index (κ1) is 25.5. The predicted molar refractivity (Wildman–Crippen MR) is 141 cm³/mol. The van der Waals surface area contributed by atoms with Gasteiger partial charge in [0.1, 0.15) is 0 Å². The summed E-state index contributed by atoms with van der Waals surface area (Å²) in [5.41, 5.74) is 1.29. The second-order valence-electron chi connectivity index (χ2n) is 11.9. The van der Waals surface area contributed by atoms with Crippen molar-refractivity contribution in [2.24, 2.45) is 5.92 Å². The van der Waals surface area contributed by atoms with E-state index in [-0.39, 0.29) is 35.1 Å². The van der Waals surface area contributed by atoms with Crippen molar-refractivity contribution in [3.05, 3.63) is 35.9 Å². The van der Waals surface area contributed by atoms with Crippen molar-refractivity contribution in [3.63, 3.8) is 0 Å². The largest absolute Gasteiger partial charge is 0.381 e. The Kier molecular flexibility index (Phi) is 7.07. The number of rotatable bonds is 9. The van der Waals surface area contributed by atoms with Gasteiger partial charge in [-0.2, -0.15) is 0 Å². The molecule has 4 unspecified atom stereocenters. The van der Waals surface area contributed by atoms with E-state index in [2.05, 4.69) is 52.9 Å². The fourth-order valence-corrected chi connectivity index (χ4v) is 7.80. The van der Waals surface area contributed by atoms with Gasteiger partial charge in [-0.25, -0.2) is 4.79 Å². The normalized spacial score (nSPS) is 32.9. The van der Waals surface area contributed by atoms with Crippen LogP contribution in [-0.2, 0) is 9.53 Å². The molecule has 7 heteroatoms. The number of amides is 3. The maximum atomic E-state index is 13.6. The SMILES string of the molecule is CCC12CC3(CC1N2CC[C@H](NC(C)=O)c1ccccc1)CN(CC1CCOCC1)C(=O)N3C(C)C. The Morgan fingerprint density at radius 1 is 1.19 bits per heavy atom. The van der Waals surface area contributed by atoms with Gasteiger partial charge in [0.25, 0.3) is 0 Å². The van der Waals surface area contributed by atoms with Gasteiger partial charge in [0.05, 0.1) is 11.6 Å². The van der Waals surface area contributed by atoms with E-state index in [0.717, 1.165) is 76.9 Å². The monoisotopic (exact) mass is 496 g/mol. The number of nitrogens with zero attached hydrogens (tertiary/aromatic N) is 3. The lowest BCUT2D eigenvalue weighted by atomic mass is 9.89. The summed E-state index contributed by atoms with van der Waals surface area (Å²) in [5, 5.41) is 3.16. The van der Waals surface area contributed by atoms with E-state index in [9.17, 15) is 9.59 Å². The van der Waals surface area contributed by atoms with Gasteiger partial charge in [-0.05, 0) is 63.9 Å². The number of carbonyl (C=O) groups is 2. The van der Waals surface area contributed by atoms with Crippen LogP contribution in [0, 0.1) is 5.92 Å². The molecule has 36 heavy (non-hydrogen) atoms. The van der Waals surface area contributed by atoms with Crippen LogP contribution in [0.3, 0.4) is 0 Å². The van der Waals surface area contributed by atoms with Crippen LogP contribution in [0.1, 0.15) is 77.8 Å². The quantitative estimate of drug-likeness (QED) is 0.521. The number of nitrogens with one attached hydrogen (secondary N) is 1. The molecule has 1 aromatic rings. The first-order valence-electron chi connectivity index (χ1n) is 14.0. The minimum Gasteiger partial charge on any atom is -0.381 e. The highest BCUT2D eigenvalue weighted by Gasteiger charge is 2.73. The summed E-state index contributed by atoms with van der Waals surface area (Å²) in [6, 6.07) is 11.3. The molecule has 1 aromatic carbocycles. The maximum absolute atomic E-state index is 13.6. The van der Waals surface area contributed by atoms with Crippen molar-refractivity contribution >= 4 is 11.9 Å². The summed E-state index contributed by atoms with van der Waals surface area (Å²) in [6.07, 6.45) is 6.25. The van der Waals surface area contributed by atoms with Gasteiger partial charge in [0.15, 0.2) is 0 Å². The predicted octanol–water partition coefficient (Wildman–Crippen LogP) is 4.19. The highest BCUT2D eigenvalue weighted by atomic mass is 16.5. The number of carbonyl (C=O) groups excluding carboxylic acids is 2. The number of ether oxygens (including phenoxy) is 1. The van der Waals surface area contributed by atoms with Crippen LogP contribution in [0.4, 0.5) is 4.79 Å². The first-order valence-corrected chi connectivity index (χ1v) is 14.0. The fraction of sp³-hybridized carbons (Fsp3) is 0.724. The van der Waals surface area contributed by atoms with Gasteiger partial charge in [0.2, 0.25) is 5.91 Å². The molecule has 3 aliphatic heterocycles. The minimum atomic E-state index is -0.0515. The molecule has 4 aliphatic rings. The molecule has 3 saturated heterocycles. The highest BCUT2D eigenvalue weighted by Crippen LogP contribution is 2.62. The van der Waals surface area contributed by atoms with E-state index in [4.69, 9.17) is 4.74 Å². The second kappa shape index (κ2) is 9.97. The van der Waals surface area contributed by atoms with Crippen LogP contribution in [0.2, 0.25) is 0 Å². The zero-order valence-electron chi connectivity index (χ0n) is 22.5. The van der Waals surface area contributed by atoms with Gasteiger partial charge in [0, 0.05) is 57.4 Å². The molecule has 4 fully saturated rings. The Bertz CT molecular complexity index is 949. The molecule has 0 bridgehead atoms. The van der Waals surface area contributed by atoms with Crippen molar-refractivity contribution in [2.45, 2.75) is 95.4 Å². The molecule has 0 radical (unpaired) electrons. The summed E-state index contributed by atoms with van der Waals surface area (Å²) >= 11 is 0. The topological polar surface area (TPSA) is 64.9 Å². The zero-order valence-corrected chi connectivity index (χ0v) is 22.5. The Morgan fingerprint density at radius 3 is 2.53 bits per heavy atom. The van der Waals surface area contributed by atoms with Crippen LogP contribution in [-0.4, -0.2) is 82.6 Å². The molecular weight excluding hydrogens is 452 g/mol. The number of hydrogen-bond donors (Lipinski definition) is 1. The van der Waals surface area contributed by atoms with Crippen LogP contribution in [0.15, 0.2) is 30.3 Å². The lowest BCUT2D eigenvalue weighted by molar-refractivity contribution is -0.119. The third kappa shape index (κ3) is 4.53. The molecule has 5 atom stereocenters. The Balaban J connectivity index is 1.27. The van der Waals surface area contributed by atoms with Gasteiger partial charge in [-0.3, -0.25) is 9.69 Å². The van der Waals surface area contributed by atoms with E-state index < -0.39 is 0 Å². The number of fused-ring (bicyclic) bond motifs is 1. The zero-order chi connectivity index (χ0) is 25.5. The van der Waals surface area contributed by atoms with Gasteiger partial charge in [-0.1, -0.05) is 37.3 Å².